The van der Waals surface area contributed by atoms with Crippen LogP contribution in [0.15, 0.2) is 24.5 Å². The van der Waals surface area contributed by atoms with Crippen molar-refractivity contribution in [2.24, 2.45) is 5.73 Å². The first-order valence-electron chi connectivity index (χ1n) is 6.72. The summed E-state index contributed by atoms with van der Waals surface area (Å²) >= 11 is 0. The van der Waals surface area contributed by atoms with Crippen LogP contribution in [0.3, 0.4) is 0 Å². The van der Waals surface area contributed by atoms with Crippen molar-refractivity contribution in [2.45, 2.75) is 19.5 Å². The minimum Gasteiger partial charge on any atom is -0.493 e. The topological polar surface area (TPSA) is 71.5 Å². The molecule has 1 aromatic carbocycles. The van der Waals surface area contributed by atoms with Gasteiger partial charge in [-0.1, -0.05) is 0 Å². The van der Waals surface area contributed by atoms with Crippen LogP contribution in [0.4, 0.5) is 0 Å². The van der Waals surface area contributed by atoms with E-state index in [2.05, 4.69) is 4.98 Å². The minimum absolute atomic E-state index is 0.367. The number of ether oxygens (including phenoxy) is 3. The highest BCUT2D eigenvalue weighted by Crippen LogP contribution is 2.40. The molecule has 0 aliphatic carbocycles. The van der Waals surface area contributed by atoms with Gasteiger partial charge < -0.3 is 24.5 Å². The lowest BCUT2D eigenvalue weighted by molar-refractivity contribution is 0.323. The zero-order valence-electron chi connectivity index (χ0n) is 12.8. The van der Waals surface area contributed by atoms with Crippen LogP contribution in [-0.2, 0) is 6.54 Å². The first-order chi connectivity index (χ1) is 10.2. The molecule has 1 aromatic heterocycles. The molecule has 0 saturated heterocycles. The normalized spacial score (nSPS) is 12.0. The summed E-state index contributed by atoms with van der Waals surface area (Å²) in [7, 11) is 4.74. The molecule has 2 aromatic rings. The second kappa shape index (κ2) is 6.49. The summed E-state index contributed by atoms with van der Waals surface area (Å²) in [6.45, 7) is 2.86. The second-order valence-electron chi connectivity index (χ2n) is 4.51. The fraction of sp³-hybridized carbons (Fsp3) is 0.400. The van der Waals surface area contributed by atoms with E-state index < -0.39 is 0 Å². The molecule has 0 aliphatic rings. The summed E-state index contributed by atoms with van der Waals surface area (Å²) in [5, 5.41) is 0. The monoisotopic (exact) mass is 291 g/mol. The van der Waals surface area contributed by atoms with Gasteiger partial charge in [-0.3, -0.25) is 0 Å². The summed E-state index contributed by atoms with van der Waals surface area (Å²) in [4.78, 5) is 4.34. The van der Waals surface area contributed by atoms with E-state index in [0.717, 1.165) is 17.9 Å². The molecule has 1 atom stereocenters. The Morgan fingerprint density at radius 2 is 1.76 bits per heavy atom. The Bertz CT molecular complexity index is 585. The van der Waals surface area contributed by atoms with Crippen molar-refractivity contribution < 1.29 is 14.2 Å². The van der Waals surface area contributed by atoms with Crippen molar-refractivity contribution in [2.75, 3.05) is 21.3 Å². The van der Waals surface area contributed by atoms with Crippen LogP contribution in [0.5, 0.6) is 17.2 Å². The smallest absolute Gasteiger partial charge is 0.203 e. The van der Waals surface area contributed by atoms with Crippen molar-refractivity contribution >= 4 is 0 Å². The van der Waals surface area contributed by atoms with Crippen LogP contribution in [0.2, 0.25) is 0 Å². The number of nitrogens with zero attached hydrogens (tertiary/aromatic N) is 2. The molecule has 0 aliphatic heterocycles. The number of aryl methyl sites for hydroxylation is 1. The summed E-state index contributed by atoms with van der Waals surface area (Å²) < 4.78 is 18.0. The number of hydrogen-bond acceptors (Lipinski definition) is 5. The van der Waals surface area contributed by atoms with E-state index in [0.29, 0.717) is 17.2 Å². The molecule has 1 heterocycles. The molecule has 6 heteroatoms. The summed E-state index contributed by atoms with van der Waals surface area (Å²) in [6.07, 6.45) is 3.66. The first-order valence-corrected chi connectivity index (χ1v) is 6.72. The molecule has 0 saturated carbocycles. The van der Waals surface area contributed by atoms with Gasteiger partial charge in [-0.2, -0.15) is 0 Å². The minimum atomic E-state index is -0.367. The number of rotatable bonds is 6. The van der Waals surface area contributed by atoms with Gasteiger partial charge in [0, 0.05) is 18.9 Å². The predicted octanol–water partition coefficient (Wildman–Crippen LogP) is 1.98. The van der Waals surface area contributed by atoms with E-state index in [1.54, 1.807) is 27.5 Å². The lowest BCUT2D eigenvalue weighted by atomic mass is 10.1. The first kappa shape index (κ1) is 15.2. The van der Waals surface area contributed by atoms with Crippen molar-refractivity contribution in [1.82, 2.24) is 9.55 Å². The lowest BCUT2D eigenvalue weighted by Crippen LogP contribution is -2.18. The summed E-state index contributed by atoms with van der Waals surface area (Å²) in [5.41, 5.74) is 7.19. The third-order valence-corrected chi connectivity index (χ3v) is 3.41. The van der Waals surface area contributed by atoms with E-state index in [9.17, 15) is 0 Å². The van der Waals surface area contributed by atoms with Crippen LogP contribution in [0.1, 0.15) is 24.4 Å². The van der Waals surface area contributed by atoms with Gasteiger partial charge in [0.2, 0.25) is 5.75 Å². The molecular formula is C15H21N3O3. The number of hydrogen-bond donors (Lipinski definition) is 1. The average Bonchev–Trinajstić information content (AvgIpc) is 3.01. The molecule has 2 N–H and O–H groups in total. The Hall–Kier alpha value is -2.21. The summed E-state index contributed by atoms with van der Waals surface area (Å²) in [6, 6.07) is 3.33. The average molecular weight is 291 g/mol. The number of methoxy groups -OCH3 is 3. The highest BCUT2D eigenvalue weighted by molar-refractivity contribution is 5.55. The number of nitrogens with two attached hydrogens (primary N) is 1. The Balaban J connectivity index is 2.48. The third kappa shape index (κ3) is 2.80. The highest BCUT2D eigenvalue weighted by atomic mass is 16.5. The van der Waals surface area contributed by atoms with Gasteiger partial charge in [0.05, 0.1) is 27.4 Å². The van der Waals surface area contributed by atoms with Gasteiger partial charge in [0.15, 0.2) is 11.5 Å². The van der Waals surface area contributed by atoms with Crippen molar-refractivity contribution in [3.63, 3.8) is 0 Å². The predicted molar refractivity (Wildman–Crippen MR) is 80.0 cm³/mol. The van der Waals surface area contributed by atoms with E-state index >= 15 is 0 Å². The standard InChI is InChI=1S/C15H21N3O3/c1-5-18-7-6-17-15(18)13(16)10-8-11(19-2)14(21-4)12(9-10)20-3/h6-9,13H,5,16H2,1-4H3. The Morgan fingerprint density at radius 3 is 2.24 bits per heavy atom. The van der Waals surface area contributed by atoms with E-state index in [1.165, 1.54) is 0 Å². The molecule has 0 amide bonds. The number of aromatic nitrogens is 2. The molecule has 6 nitrogen and oxygen atoms in total. The van der Waals surface area contributed by atoms with Gasteiger partial charge >= 0.3 is 0 Å². The summed E-state index contributed by atoms with van der Waals surface area (Å²) in [5.74, 6) is 2.51. The van der Waals surface area contributed by atoms with Gasteiger partial charge in [-0.25, -0.2) is 4.98 Å². The fourth-order valence-electron chi connectivity index (χ4n) is 2.30. The molecule has 21 heavy (non-hydrogen) atoms. The third-order valence-electron chi connectivity index (χ3n) is 3.41. The zero-order valence-corrected chi connectivity index (χ0v) is 12.8. The number of benzene rings is 1. The van der Waals surface area contributed by atoms with E-state index in [1.807, 2.05) is 29.8 Å². The Kier molecular flexibility index (Phi) is 4.70. The van der Waals surface area contributed by atoms with Crippen molar-refractivity contribution in [3.8, 4) is 17.2 Å². The van der Waals surface area contributed by atoms with Gasteiger partial charge in [-0.15, -0.1) is 0 Å². The molecule has 1 unspecified atom stereocenters. The van der Waals surface area contributed by atoms with Crippen LogP contribution in [0, 0.1) is 0 Å². The lowest BCUT2D eigenvalue weighted by Gasteiger charge is -2.18. The maximum absolute atomic E-state index is 6.34. The highest BCUT2D eigenvalue weighted by Gasteiger charge is 2.20. The van der Waals surface area contributed by atoms with Crippen LogP contribution >= 0.6 is 0 Å². The Morgan fingerprint density at radius 1 is 1.14 bits per heavy atom. The van der Waals surface area contributed by atoms with Crippen molar-refractivity contribution in [1.29, 1.82) is 0 Å². The Labute approximate surface area is 124 Å². The molecule has 0 bridgehead atoms. The fourth-order valence-corrected chi connectivity index (χ4v) is 2.30. The quantitative estimate of drug-likeness (QED) is 0.881. The SMILES string of the molecule is CCn1ccnc1C(N)c1cc(OC)c(OC)c(OC)c1. The van der Waals surface area contributed by atoms with Gasteiger partial charge in [0.25, 0.3) is 0 Å². The second-order valence-corrected chi connectivity index (χ2v) is 4.51. The van der Waals surface area contributed by atoms with E-state index in [-0.39, 0.29) is 6.04 Å². The maximum Gasteiger partial charge on any atom is 0.203 e. The molecule has 0 radical (unpaired) electrons. The van der Waals surface area contributed by atoms with Gasteiger partial charge in [0.1, 0.15) is 5.82 Å². The maximum atomic E-state index is 6.34. The molecule has 0 spiro atoms. The molecule has 2 rings (SSSR count). The van der Waals surface area contributed by atoms with E-state index in [4.69, 9.17) is 19.9 Å². The molecule has 0 fully saturated rings. The zero-order chi connectivity index (χ0) is 15.4. The number of imidazole rings is 1. The largest absolute Gasteiger partial charge is 0.493 e. The van der Waals surface area contributed by atoms with Crippen LogP contribution < -0.4 is 19.9 Å². The van der Waals surface area contributed by atoms with Crippen molar-refractivity contribution in [3.05, 3.63) is 35.9 Å². The van der Waals surface area contributed by atoms with Crippen LogP contribution in [-0.4, -0.2) is 30.9 Å². The molecular weight excluding hydrogens is 270 g/mol. The van der Waals surface area contributed by atoms with Gasteiger partial charge in [-0.05, 0) is 24.6 Å². The van der Waals surface area contributed by atoms with Crippen LogP contribution in [0.25, 0.3) is 0 Å². The molecule has 114 valence electrons.